The molecular weight excluding hydrogens is 310 g/mol. The molecule has 1 nitrogen and oxygen atoms in total. The molecule has 2 aromatic carbocycles. The number of nitrogens with two attached hydrogens (primary N) is 1. The number of hydrogen-bond donors (Lipinski definition) is 1. The fourth-order valence-electron chi connectivity index (χ4n) is 2.55. The fraction of sp³-hybridized carbons (Fsp3) is 0.200. The Bertz CT molecular complexity index is 609. The van der Waals surface area contributed by atoms with Crippen molar-refractivity contribution in [1.82, 2.24) is 0 Å². The first-order valence-corrected chi connectivity index (χ1v) is 7.14. The van der Waals surface area contributed by atoms with Crippen LogP contribution in [0.1, 0.15) is 11.1 Å². The third kappa shape index (κ3) is 2.09. The van der Waals surface area contributed by atoms with Crippen molar-refractivity contribution in [3.05, 3.63) is 57.0 Å². The molecule has 1 aliphatic rings. The molecule has 2 aromatic rings. The van der Waals surface area contributed by atoms with E-state index in [4.69, 9.17) is 17.3 Å². The summed E-state index contributed by atoms with van der Waals surface area (Å²) in [6, 6.07) is 12.8. The van der Waals surface area contributed by atoms with Crippen molar-refractivity contribution in [2.45, 2.75) is 18.9 Å². The van der Waals surface area contributed by atoms with E-state index >= 15 is 0 Å². The van der Waals surface area contributed by atoms with Crippen molar-refractivity contribution in [1.29, 1.82) is 0 Å². The smallest absolute Gasteiger partial charge is 0.0626 e. The minimum Gasteiger partial charge on any atom is -0.327 e. The van der Waals surface area contributed by atoms with E-state index < -0.39 is 0 Å². The number of fused-ring (bicyclic) bond motifs is 1. The van der Waals surface area contributed by atoms with Crippen molar-refractivity contribution in [3.8, 4) is 11.1 Å². The molecule has 18 heavy (non-hydrogen) atoms. The van der Waals surface area contributed by atoms with Gasteiger partial charge in [-0.25, -0.2) is 0 Å². The summed E-state index contributed by atoms with van der Waals surface area (Å²) < 4.78 is 0.930. The van der Waals surface area contributed by atoms with E-state index in [2.05, 4.69) is 34.1 Å². The van der Waals surface area contributed by atoms with Gasteiger partial charge in [0.05, 0.1) is 5.02 Å². The van der Waals surface area contributed by atoms with Crippen molar-refractivity contribution in [2.24, 2.45) is 5.73 Å². The molecule has 1 unspecified atom stereocenters. The molecule has 0 spiro atoms. The average molecular weight is 323 g/mol. The highest BCUT2D eigenvalue weighted by Gasteiger charge is 2.18. The van der Waals surface area contributed by atoms with Crippen LogP contribution in [0.2, 0.25) is 5.02 Å². The standard InChI is InChI=1S/C15H13BrClN/c16-14-3-1-2-13(15(14)17)10-5-4-9-7-12(18)8-11(9)6-10/h1-6,12H,7-8,18H2. The van der Waals surface area contributed by atoms with Crippen LogP contribution in [0, 0.1) is 0 Å². The van der Waals surface area contributed by atoms with Gasteiger partial charge in [0.1, 0.15) is 0 Å². The van der Waals surface area contributed by atoms with Gasteiger partial charge < -0.3 is 5.73 Å². The maximum atomic E-state index is 6.34. The zero-order chi connectivity index (χ0) is 12.7. The summed E-state index contributed by atoms with van der Waals surface area (Å²) in [4.78, 5) is 0. The van der Waals surface area contributed by atoms with E-state index in [-0.39, 0.29) is 6.04 Å². The summed E-state index contributed by atoms with van der Waals surface area (Å²) in [5.41, 5.74) is 10.9. The molecule has 1 aliphatic carbocycles. The largest absolute Gasteiger partial charge is 0.327 e. The SMILES string of the molecule is NC1Cc2ccc(-c3cccc(Br)c3Cl)cc2C1. The number of hydrogen-bond acceptors (Lipinski definition) is 1. The van der Waals surface area contributed by atoms with Gasteiger partial charge in [0, 0.05) is 16.1 Å². The predicted octanol–water partition coefficient (Wildman–Crippen LogP) is 4.20. The maximum absolute atomic E-state index is 6.34. The number of rotatable bonds is 1. The lowest BCUT2D eigenvalue weighted by Gasteiger charge is -2.08. The van der Waals surface area contributed by atoms with E-state index in [0.717, 1.165) is 33.5 Å². The Balaban J connectivity index is 2.08. The Morgan fingerprint density at radius 2 is 1.89 bits per heavy atom. The Morgan fingerprint density at radius 3 is 2.72 bits per heavy atom. The summed E-state index contributed by atoms with van der Waals surface area (Å²) in [5, 5.41) is 0.764. The summed E-state index contributed by atoms with van der Waals surface area (Å²) >= 11 is 9.80. The quantitative estimate of drug-likeness (QED) is 0.837. The molecule has 3 rings (SSSR count). The van der Waals surface area contributed by atoms with Crippen LogP contribution in [0.15, 0.2) is 40.9 Å². The second-order valence-corrected chi connectivity index (χ2v) is 5.99. The van der Waals surface area contributed by atoms with Gasteiger partial charge in [-0.15, -0.1) is 0 Å². The van der Waals surface area contributed by atoms with Crippen LogP contribution in [-0.4, -0.2) is 6.04 Å². The zero-order valence-electron chi connectivity index (χ0n) is 9.79. The molecule has 0 saturated heterocycles. The van der Waals surface area contributed by atoms with E-state index in [1.54, 1.807) is 0 Å². The van der Waals surface area contributed by atoms with Gasteiger partial charge in [-0.05, 0) is 51.5 Å². The molecule has 0 amide bonds. The van der Waals surface area contributed by atoms with Crippen LogP contribution < -0.4 is 5.73 Å². The van der Waals surface area contributed by atoms with Crippen molar-refractivity contribution < 1.29 is 0 Å². The Morgan fingerprint density at radius 1 is 1.11 bits per heavy atom. The lowest BCUT2D eigenvalue weighted by molar-refractivity contribution is 0.721. The van der Waals surface area contributed by atoms with Crippen LogP contribution in [0.5, 0.6) is 0 Å². The molecule has 0 radical (unpaired) electrons. The first-order chi connectivity index (χ1) is 8.65. The summed E-state index contributed by atoms with van der Waals surface area (Å²) in [6.07, 6.45) is 1.95. The first kappa shape index (κ1) is 12.2. The number of halogens is 2. The zero-order valence-corrected chi connectivity index (χ0v) is 12.1. The minimum absolute atomic E-state index is 0.272. The second-order valence-electron chi connectivity index (χ2n) is 4.75. The van der Waals surface area contributed by atoms with E-state index in [1.807, 2.05) is 18.2 Å². The summed E-state index contributed by atoms with van der Waals surface area (Å²) in [5.74, 6) is 0. The maximum Gasteiger partial charge on any atom is 0.0626 e. The first-order valence-electron chi connectivity index (χ1n) is 5.97. The monoisotopic (exact) mass is 321 g/mol. The second kappa shape index (κ2) is 4.69. The highest BCUT2D eigenvalue weighted by Crippen LogP contribution is 2.35. The van der Waals surface area contributed by atoms with Gasteiger partial charge in [0.15, 0.2) is 0 Å². The molecule has 0 heterocycles. The van der Waals surface area contributed by atoms with Gasteiger partial charge >= 0.3 is 0 Å². The van der Waals surface area contributed by atoms with Crippen molar-refractivity contribution >= 4 is 27.5 Å². The molecule has 0 fully saturated rings. The molecule has 3 heteroatoms. The lowest BCUT2D eigenvalue weighted by atomic mass is 10.0. The molecule has 0 aliphatic heterocycles. The third-order valence-corrected chi connectivity index (χ3v) is 4.73. The molecule has 0 aromatic heterocycles. The van der Waals surface area contributed by atoms with Crippen LogP contribution in [0.4, 0.5) is 0 Å². The molecule has 0 saturated carbocycles. The molecular formula is C15H13BrClN. The van der Waals surface area contributed by atoms with Crippen molar-refractivity contribution in [2.75, 3.05) is 0 Å². The summed E-state index contributed by atoms with van der Waals surface area (Å²) in [7, 11) is 0. The van der Waals surface area contributed by atoms with Crippen LogP contribution in [-0.2, 0) is 12.8 Å². The van der Waals surface area contributed by atoms with Gasteiger partial charge in [0.25, 0.3) is 0 Å². The average Bonchev–Trinajstić information content (AvgIpc) is 2.71. The summed E-state index contributed by atoms with van der Waals surface area (Å²) in [6.45, 7) is 0. The van der Waals surface area contributed by atoms with Gasteiger partial charge in [-0.1, -0.05) is 41.9 Å². The number of benzene rings is 2. The third-order valence-electron chi connectivity index (χ3n) is 3.43. The topological polar surface area (TPSA) is 26.0 Å². The van der Waals surface area contributed by atoms with E-state index in [9.17, 15) is 0 Å². The highest BCUT2D eigenvalue weighted by atomic mass is 79.9. The van der Waals surface area contributed by atoms with E-state index in [0.29, 0.717) is 0 Å². The van der Waals surface area contributed by atoms with Crippen molar-refractivity contribution in [3.63, 3.8) is 0 Å². The predicted molar refractivity (Wildman–Crippen MR) is 80.0 cm³/mol. The highest BCUT2D eigenvalue weighted by molar-refractivity contribution is 9.10. The van der Waals surface area contributed by atoms with Crippen LogP contribution in [0.3, 0.4) is 0 Å². The van der Waals surface area contributed by atoms with Crippen LogP contribution >= 0.6 is 27.5 Å². The lowest BCUT2D eigenvalue weighted by Crippen LogP contribution is -2.18. The molecule has 1 atom stereocenters. The van der Waals surface area contributed by atoms with Gasteiger partial charge in [-0.2, -0.15) is 0 Å². The Kier molecular flexibility index (Phi) is 3.18. The Labute approximate surface area is 120 Å². The fourth-order valence-corrected chi connectivity index (χ4v) is 3.15. The molecule has 2 N–H and O–H groups in total. The van der Waals surface area contributed by atoms with Gasteiger partial charge in [-0.3, -0.25) is 0 Å². The van der Waals surface area contributed by atoms with Gasteiger partial charge in [0.2, 0.25) is 0 Å². The van der Waals surface area contributed by atoms with E-state index in [1.165, 1.54) is 11.1 Å². The molecule has 0 bridgehead atoms. The molecule has 92 valence electrons. The Hall–Kier alpha value is -0.830. The minimum atomic E-state index is 0.272. The van der Waals surface area contributed by atoms with Crippen LogP contribution in [0.25, 0.3) is 11.1 Å². The normalized spacial score (nSPS) is 17.8.